The molecule has 0 saturated carbocycles. The highest BCUT2D eigenvalue weighted by Crippen LogP contribution is 2.32. The standard InChI is InChI=1S/C16H15BrN2O4S/c1-19(16(21)13-4-5-14(17)24-13)8-15(20)18-7-10-2-3-11-12(6-10)23-9-22-11/h2-6H,7-9H2,1H3,(H,18,20). The molecule has 2 heterocycles. The number of thiophene rings is 1. The summed E-state index contributed by atoms with van der Waals surface area (Å²) in [7, 11) is 1.61. The van der Waals surface area contributed by atoms with E-state index in [1.54, 1.807) is 13.1 Å². The maximum Gasteiger partial charge on any atom is 0.264 e. The number of nitrogens with zero attached hydrogens (tertiary/aromatic N) is 1. The van der Waals surface area contributed by atoms with Crippen molar-refractivity contribution < 1.29 is 19.1 Å². The maximum absolute atomic E-state index is 12.2. The Bertz CT molecular complexity index is 777. The molecule has 0 radical (unpaired) electrons. The fourth-order valence-corrected chi connectivity index (χ4v) is 3.59. The topological polar surface area (TPSA) is 67.9 Å². The molecular weight excluding hydrogens is 396 g/mol. The molecule has 0 saturated heterocycles. The second-order valence-corrected chi connectivity index (χ2v) is 7.69. The molecule has 3 rings (SSSR count). The first-order valence-corrected chi connectivity index (χ1v) is 8.80. The number of amides is 2. The number of rotatable bonds is 5. The molecule has 0 atom stereocenters. The fraction of sp³-hybridized carbons (Fsp3) is 0.250. The lowest BCUT2D eigenvalue weighted by molar-refractivity contribution is -0.121. The van der Waals surface area contributed by atoms with E-state index in [-0.39, 0.29) is 25.2 Å². The smallest absolute Gasteiger partial charge is 0.264 e. The molecule has 24 heavy (non-hydrogen) atoms. The molecule has 2 aromatic rings. The normalized spacial score (nSPS) is 12.1. The van der Waals surface area contributed by atoms with Gasteiger partial charge in [0.1, 0.15) is 0 Å². The van der Waals surface area contributed by atoms with E-state index in [9.17, 15) is 9.59 Å². The number of nitrogens with one attached hydrogen (secondary N) is 1. The van der Waals surface area contributed by atoms with E-state index < -0.39 is 0 Å². The van der Waals surface area contributed by atoms with Crippen molar-refractivity contribution in [2.75, 3.05) is 20.4 Å². The van der Waals surface area contributed by atoms with Crippen LogP contribution >= 0.6 is 27.3 Å². The van der Waals surface area contributed by atoms with Gasteiger partial charge in [-0.25, -0.2) is 0 Å². The highest BCUT2D eigenvalue weighted by molar-refractivity contribution is 9.11. The number of ether oxygens (including phenoxy) is 2. The minimum atomic E-state index is -0.223. The molecule has 2 amide bonds. The lowest BCUT2D eigenvalue weighted by Gasteiger charge is -2.16. The van der Waals surface area contributed by atoms with Gasteiger partial charge in [-0.2, -0.15) is 0 Å². The van der Waals surface area contributed by atoms with Gasteiger partial charge in [0, 0.05) is 13.6 Å². The van der Waals surface area contributed by atoms with Crippen molar-refractivity contribution in [2.24, 2.45) is 0 Å². The molecule has 1 aromatic heterocycles. The number of hydrogen-bond acceptors (Lipinski definition) is 5. The first kappa shape index (κ1) is 16.8. The largest absolute Gasteiger partial charge is 0.454 e. The molecule has 0 bridgehead atoms. The van der Waals surface area contributed by atoms with Crippen LogP contribution < -0.4 is 14.8 Å². The summed E-state index contributed by atoms with van der Waals surface area (Å²) in [6.45, 7) is 0.581. The third-order valence-corrected chi connectivity index (χ3v) is 5.05. The molecule has 1 N–H and O–H groups in total. The zero-order valence-corrected chi connectivity index (χ0v) is 15.3. The Morgan fingerprint density at radius 2 is 2.04 bits per heavy atom. The summed E-state index contributed by atoms with van der Waals surface area (Å²) in [4.78, 5) is 26.2. The number of likely N-dealkylation sites (N-methyl/N-ethyl adjacent to an activating group) is 1. The lowest BCUT2D eigenvalue weighted by atomic mass is 10.2. The highest BCUT2D eigenvalue weighted by Gasteiger charge is 2.17. The van der Waals surface area contributed by atoms with Gasteiger partial charge < -0.3 is 19.7 Å². The monoisotopic (exact) mass is 410 g/mol. The Hall–Kier alpha value is -2.06. The van der Waals surface area contributed by atoms with E-state index in [2.05, 4.69) is 21.2 Å². The Balaban J connectivity index is 1.51. The molecule has 1 aliphatic rings. The Morgan fingerprint density at radius 1 is 1.25 bits per heavy atom. The minimum Gasteiger partial charge on any atom is -0.454 e. The molecular formula is C16H15BrN2O4S. The van der Waals surface area contributed by atoms with Crippen molar-refractivity contribution in [3.05, 3.63) is 44.6 Å². The van der Waals surface area contributed by atoms with Crippen LogP contribution in [0.2, 0.25) is 0 Å². The number of hydrogen-bond donors (Lipinski definition) is 1. The van der Waals surface area contributed by atoms with Crippen molar-refractivity contribution in [2.45, 2.75) is 6.54 Å². The number of carbonyl (C=O) groups is 2. The predicted molar refractivity (Wildman–Crippen MR) is 93.4 cm³/mol. The lowest BCUT2D eigenvalue weighted by Crippen LogP contribution is -2.37. The number of carbonyl (C=O) groups excluding carboxylic acids is 2. The van der Waals surface area contributed by atoms with Gasteiger partial charge in [-0.05, 0) is 45.8 Å². The van der Waals surface area contributed by atoms with Crippen molar-refractivity contribution in [3.8, 4) is 11.5 Å². The molecule has 1 aromatic carbocycles. The quantitative estimate of drug-likeness (QED) is 0.822. The van der Waals surface area contributed by atoms with Gasteiger partial charge in [-0.15, -0.1) is 11.3 Å². The van der Waals surface area contributed by atoms with E-state index in [0.717, 1.165) is 9.35 Å². The van der Waals surface area contributed by atoms with Crippen LogP contribution in [-0.2, 0) is 11.3 Å². The fourth-order valence-electron chi connectivity index (χ4n) is 2.21. The minimum absolute atomic E-state index is 0.00109. The predicted octanol–water partition coefficient (Wildman–Crippen LogP) is 2.63. The van der Waals surface area contributed by atoms with Gasteiger partial charge in [0.2, 0.25) is 12.7 Å². The average molecular weight is 411 g/mol. The van der Waals surface area contributed by atoms with Gasteiger partial charge in [-0.3, -0.25) is 9.59 Å². The van der Waals surface area contributed by atoms with E-state index in [1.165, 1.54) is 16.2 Å². The summed E-state index contributed by atoms with van der Waals surface area (Å²) in [5.74, 6) is 0.984. The van der Waals surface area contributed by atoms with E-state index >= 15 is 0 Å². The Kier molecular flexibility index (Phi) is 5.06. The van der Waals surface area contributed by atoms with Crippen LogP contribution in [0.3, 0.4) is 0 Å². The van der Waals surface area contributed by atoms with Gasteiger partial charge in [0.05, 0.1) is 15.2 Å². The second kappa shape index (κ2) is 7.23. The van der Waals surface area contributed by atoms with Crippen molar-refractivity contribution >= 4 is 39.1 Å². The number of benzene rings is 1. The molecule has 8 heteroatoms. The van der Waals surface area contributed by atoms with E-state index in [4.69, 9.17) is 9.47 Å². The summed E-state index contributed by atoms with van der Waals surface area (Å²) in [5.41, 5.74) is 0.906. The third-order valence-electron chi connectivity index (χ3n) is 3.44. The maximum atomic E-state index is 12.2. The first-order valence-electron chi connectivity index (χ1n) is 7.19. The third kappa shape index (κ3) is 3.88. The zero-order chi connectivity index (χ0) is 17.1. The van der Waals surface area contributed by atoms with Crippen LogP contribution in [0.4, 0.5) is 0 Å². The molecule has 0 fully saturated rings. The molecule has 126 valence electrons. The zero-order valence-electron chi connectivity index (χ0n) is 12.9. The van der Waals surface area contributed by atoms with Crippen LogP contribution in [0.1, 0.15) is 15.2 Å². The van der Waals surface area contributed by atoms with Crippen molar-refractivity contribution in [1.82, 2.24) is 10.2 Å². The molecule has 0 spiro atoms. The van der Waals surface area contributed by atoms with Crippen LogP contribution in [0.15, 0.2) is 34.1 Å². The molecule has 0 unspecified atom stereocenters. The average Bonchev–Trinajstić information content (AvgIpc) is 3.20. The van der Waals surface area contributed by atoms with Gasteiger partial charge in [0.15, 0.2) is 11.5 Å². The Labute approximate surface area is 151 Å². The van der Waals surface area contributed by atoms with Crippen LogP contribution in [0.5, 0.6) is 11.5 Å². The summed E-state index contributed by atoms with van der Waals surface area (Å²) in [6, 6.07) is 9.06. The van der Waals surface area contributed by atoms with Crippen LogP contribution in [0, 0.1) is 0 Å². The molecule has 6 nitrogen and oxygen atoms in total. The van der Waals surface area contributed by atoms with E-state index in [0.29, 0.717) is 22.9 Å². The summed E-state index contributed by atoms with van der Waals surface area (Å²) < 4.78 is 11.4. The SMILES string of the molecule is CN(CC(=O)NCc1ccc2c(c1)OCO2)C(=O)c1ccc(Br)s1. The van der Waals surface area contributed by atoms with Crippen LogP contribution in [-0.4, -0.2) is 37.1 Å². The van der Waals surface area contributed by atoms with Crippen molar-refractivity contribution in [1.29, 1.82) is 0 Å². The van der Waals surface area contributed by atoms with Crippen molar-refractivity contribution in [3.63, 3.8) is 0 Å². The van der Waals surface area contributed by atoms with Gasteiger partial charge >= 0.3 is 0 Å². The summed E-state index contributed by atoms with van der Waals surface area (Å²) in [5, 5.41) is 2.80. The number of halogens is 1. The molecule has 0 aliphatic carbocycles. The Morgan fingerprint density at radius 3 is 2.79 bits per heavy atom. The summed E-state index contributed by atoms with van der Waals surface area (Å²) >= 11 is 4.66. The first-order chi connectivity index (χ1) is 11.5. The van der Waals surface area contributed by atoms with Gasteiger partial charge in [0.25, 0.3) is 5.91 Å². The van der Waals surface area contributed by atoms with Gasteiger partial charge in [-0.1, -0.05) is 6.07 Å². The number of fused-ring (bicyclic) bond motifs is 1. The molecule has 1 aliphatic heterocycles. The summed E-state index contributed by atoms with van der Waals surface area (Å²) in [6.07, 6.45) is 0. The van der Waals surface area contributed by atoms with E-state index in [1.807, 2.05) is 24.3 Å². The van der Waals surface area contributed by atoms with Crippen LogP contribution in [0.25, 0.3) is 0 Å². The highest BCUT2D eigenvalue weighted by atomic mass is 79.9. The second-order valence-electron chi connectivity index (χ2n) is 5.23.